The van der Waals surface area contributed by atoms with Crippen molar-refractivity contribution in [3.8, 4) is 0 Å². The van der Waals surface area contributed by atoms with Crippen molar-refractivity contribution in [3.05, 3.63) is 0 Å². The van der Waals surface area contributed by atoms with E-state index in [9.17, 15) is 18.3 Å². The maximum absolute atomic E-state index is 11.2. The molecule has 6 heteroatoms. The molecule has 0 aromatic heterocycles. The van der Waals surface area contributed by atoms with Crippen molar-refractivity contribution in [1.82, 2.24) is 0 Å². The van der Waals surface area contributed by atoms with Gasteiger partial charge in [0, 0.05) is 12.8 Å². The van der Waals surface area contributed by atoms with E-state index in [1.54, 1.807) is 5.32 Å². The monoisotopic (exact) mass is 235 g/mol. The number of nitrogens with two attached hydrogens (primary N) is 1. The molecule has 5 nitrogen and oxygen atoms in total. The molecule has 0 bridgehead atoms. The van der Waals surface area contributed by atoms with Gasteiger partial charge in [-0.1, -0.05) is 13.3 Å². The molecule has 1 fully saturated rings. The third-order valence-electron chi connectivity index (χ3n) is 2.67. The van der Waals surface area contributed by atoms with Crippen LogP contribution in [0.1, 0.15) is 26.2 Å². The highest BCUT2D eigenvalue weighted by molar-refractivity contribution is 7.91. The number of carbonyl (C=O) groups excluding carboxylic acids is 1. The fourth-order valence-corrected chi connectivity index (χ4v) is 3.67. The van der Waals surface area contributed by atoms with E-state index < -0.39 is 21.8 Å². The van der Waals surface area contributed by atoms with E-state index in [-0.39, 0.29) is 17.5 Å². The second-order valence-corrected chi connectivity index (χ2v) is 6.30. The maximum atomic E-state index is 11.2. The van der Waals surface area contributed by atoms with Crippen molar-refractivity contribution >= 4 is 15.8 Å². The number of carbonyl (C=O) groups is 1. The predicted octanol–water partition coefficient (Wildman–Crippen LogP) is -2.34. The van der Waals surface area contributed by atoms with Crippen LogP contribution in [0.5, 0.6) is 0 Å². The summed E-state index contributed by atoms with van der Waals surface area (Å²) in [5, 5.41) is 12.4. The molecule has 88 valence electrons. The first kappa shape index (κ1) is 12.4. The number of quaternary nitrogens is 1. The number of hydrogen-bond donors (Lipinski definition) is 1. The lowest BCUT2D eigenvalue weighted by molar-refractivity contribution is -0.711. The molecule has 0 aromatic rings. The van der Waals surface area contributed by atoms with Crippen LogP contribution in [-0.4, -0.2) is 38.0 Å². The van der Waals surface area contributed by atoms with E-state index in [1.165, 1.54) is 0 Å². The van der Waals surface area contributed by atoms with Gasteiger partial charge in [0.25, 0.3) is 0 Å². The first-order valence-corrected chi connectivity index (χ1v) is 7.03. The smallest absolute Gasteiger partial charge is 0.156 e. The summed E-state index contributed by atoms with van der Waals surface area (Å²) in [7, 11) is -2.93. The van der Waals surface area contributed by atoms with Gasteiger partial charge in [0.15, 0.2) is 9.84 Å². The molecule has 0 amide bonds. The molecule has 0 unspecified atom stereocenters. The molecule has 0 radical (unpaired) electrons. The Kier molecular flexibility index (Phi) is 4.10. The molecule has 2 N–H and O–H groups in total. The summed E-state index contributed by atoms with van der Waals surface area (Å²) in [6.07, 6.45) is 1.84. The summed E-state index contributed by atoms with van der Waals surface area (Å²) in [6.45, 7) is 1.90. The standard InChI is InChI=1S/C9H17NO4S/c1-2-3-8(9(11)12)10-7-4-5-15(13,14)6-7/h7-8,10H,2-6H2,1H3,(H,11,12)/t7-,8-/m1/s1. The van der Waals surface area contributed by atoms with Gasteiger partial charge in [0.05, 0.1) is 11.7 Å². The Morgan fingerprint density at radius 1 is 1.60 bits per heavy atom. The number of carboxylic acid groups (broad SMARTS) is 1. The van der Waals surface area contributed by atoms with Crippen LogP contribution in [0.3, 0.4) is 0 Å². The van der Waals surface area contributed by atoms with Crippen LogP contribution >= 0.6 is 0 Å². The van der Waals surface area contributed by atoms with Gasteiger partial charge in [-0.05, 0) is 0 Å². The molecular weight excluding hydrogens is 218 g/mol. The Balaban J connectivity index is 2.49. The fourth-order valence-electron chi connectivity index (χ4n) is 1.91. The summed E-state index contributed by atoms with van der Waals surface area (Å²) in [5.41, 5.74) is 0. The minimum absolute atomic E-state index is 0.0977. The molecular formula is C9H17NO4S. The Bertz CT molecular complexity index is 325. The highest BCUT2D eigenvalue weighted by Gasteiger charge is 2.32. The lowest BCUT2D eigenvalue weighted by Crippen LogP contribution is -2.97. The minimum atomic E-state index is -2.93. The van der Waals surface area contributed by atoms with E-state index >= 15 is 0 Å². The van der Waals surface area contributed by atoms with Gasteiger partial charge in [-0.15, -0.1) is 0 Å². The Morgan fingerprint density at radius 3 is 2.67 bits per heavy atom. The van der Waals surface area contributed by atoms with E-state index in [2.05, 4.69) is 0 Å². The molecule has 0 spiro atoms. The van der Waals surface area contributed by atoms with Crippen molar-refractivity contribution in [1.29, 1.82) is 0 Å². The van der Waals surface area contributed by atoms with Crippen LogP contribution in [0.25, 0.3) is 0 Å². The normalized spacial score (nSPS) is 26.3. The number of sulfone groups is 1. The fraction of sp³-hybridized carbons (Fsp3) is 0.889. The third kappa shape index (κ3) is 3.79. The number of carboxylic acids is 1. The highest BCUT2D eigenvalue weighted by Crippen LogP contribution is 2.08. The van der Waals surface area contributed by atoms with Crippen LogP contribution < -0.4 is 10.4 Å². The quantitative estimate of drug-likeness (QED) is 0.578. The van der Waals surface area contributed by atoms with Gasteiger partial charge in [-0.2, -0.15) is 0 Å². The lowest BCUT2D eigenvalue weighted by atomic mass is 10.1. The molecule has 0 aromatic carbocycles. The summed E-state index contributed by atoms with van der Waals surface area (Å²) in [6, 6.07) is -0.710. The lowest BCUT2D eigenvalue weighted by Gasteiger charge is -2.19. The Morgan fingerprint density at radius 2 is 2.27 bits per heavy atom. The van der Waals surface area contributed by atoms with E-state index in [4.69, 9.17) is 0 Å². The largest absolute Gasteiger partial charge is 0.544 e. The summed E-state index contributed by atoms with van der Waals surface area (Å²) >= 11 is 0. The molecule has 1 aliphatic heterocycles. The Hall–Kier alpha value is -0.620. The van der Waals surface area contributed by atoms with Crippen LogP contribution in [-0.2, 0) is 14.6 Å². The zero-order valence-corrected chi connectivity index (χ0v) is 9.63. The average Bonchev–Trinajstić information content (AvgIpc) is 2.44. The predicted molar refractivity (Wildman–Crippen MR) is 52.7 cm³/mol. The summed E-state index contributed by atoms with van der Waals surface area (Å²) < 4.78 is 22.3. The second-order valence-electron chi connectivity index (χ2n) is 4.07. The molecule has 1 aliphatic rings. The molecule has 2 atom stereocenters. The van der Waals surface area contributed by atoms with Crippen molar-refractivity contribution in [2.75, 3.05) is 11.5 Å². The van der Waals surface area contributed by atoms with Gasteiger partial charge in [-0.25, -0.2) is 8.42 Å². The van der Waals surface area contributed by atoms with Crippen molar-refractivity contribution < 1.29 is 23.6 Å². The molecule has 1 saturated heterocycles. The van der Waals surface area contributed by atoms with Crippen LogP contribution in [0.4, 0.5) is 0 Å². The van der Waals surface area contributed by atoms with Gasteiger partial charge < -0.3 is 15.2 Å². The molecule has 0 saturated carbocycles. The van der Waals surface area contributed by atoms with Crippen molar-refractivity contribution in [2.45, 2.75) is 38.3 Å². The van der Waals surface area contributed by atoms with Crippen LogP contribution in [0.15, 0.2) is 0 Å². The van der Waals surface area contributed by atoms with E-state index in [1.807, 2.05) is 6.92 Å². The average molecular weight is 235 g/mol. The summed E-state index contributed by atoms with van der Waals surface area (Å²) in [5.74, 6) is -0.818. The minimum Gasteiger partial charge on any atom is -0.544 e. The van der Waals surface area contributed by atoms with Crippen molar-refractivity contribution in [3.63, 3.8) is 0 Å². The molecule has 1 rings (SSSR count). The van der Waals surface area contributed by atoms with Gasteiger partial charge in [0.2, 0.25) is 0 Å². The zero-order valence-electron chi connectivity index (χ0n) is 8.81. The second kappa shape index (κ2) is 4.94. The summed E-state index contributed by atoms with van der Waals surface area (Å²) in [4.78, 5) is 10.7. The number of aliphatic carboxylic acids is 1. The first-order chi connectivity index (χ1) is 6.94. The molecule has 0 aliphatic carbocycles. The van der Waals surface area contributed by atoms with Gasteiger partial charge in [-0.3, -0.25) is 0 Å². The van der Waals surface area contributed by atoms with Crippen LogP contribution in [0.2, 0.25) is 0 Å². The van der Waals surface area contributed by atoms with Crippen molar-refractivity contribution in [2.24, 2.45) is 0 Å². The third-order valence-corrected chi connectivity index (χ3v) is 4.47. The SMILES string of the molecule is CCC[C@@H]([NH2+][C@@H]1CCS(=O)(=O)C1)C(=O)[O-]. The van der Waals surface area contributed by atoms with E-state index in [0.717, 1.165) is 6.42 Å². The maximum Gasteiger partial charge on any atom is 0.156 e. The van der Waals surface area contributed by atoms with Gasteiger partial charge >= 0.3 is 0 Å². The van der Waals surface area contributed by atoms with Gasteiger partial charge in [0.1, 0.15) is 17.8 Å². The molecule has 15 heavy (non-hydrogen) atoms. The topological polar surface area (TPSA) is 90.9 Å². The van der Waals surface area contributed by atoms with E-state index in [0.29, 0.717) is 12.8 Å². The first-order valence-electron chi connectivity index (χ1n) is 5.21. The number of rotatable bonds is 5. The van der Waals surface area contributed by atoms with Crippen LogP contribution in [0, 0.1) is 0 Å². The number of hydrogen-bond acceptors (Lipinski definition) is 4. The highest BCUT2D eigenvalue weighted by atomic mass is 32.2. The Labute approximate surface area is 89.8 Å². The zero-order chi connectivity index (χ0) is 11.5. The molecule has 1 heterocycles.